The summed E-state index contributed by atoms with van der Waals surface area (Å²) in [6.07, 6.45) is 2.59. The predicted octanol–water partition coefficient (Wildman–Crippen LogP) is 3.20. The molecule has 0 aliphatic rings. The highest BCUT2D eigenvalue weighted by Crippen LogP contribution is 2.16. The predicted molar refractivity (Wildman–Crippen MR) is 81.8 cm³/mol. The van der Waals surface area contributed by atoms with Crippen LogP contribution >= 0.6 is 11.6 Å². The summed E-state index contributed by atoms with van der Waals surface area (Å²) in [5.74, 6) is -0.0593. The Morgan fingerprint density at radius 2 is 2.20 bits per heavy atom. The number of carbonyl (C=O) groups excluding carboxylic acids is 1. The fraction of sp³-hybridized carbons (Fsp3) is 0.200. The van der Waals surface area contributed by atoms with Gasteiger partial charge in [-0.05, 0) is 42.7 Å². The van der Waals surface area contributed by atoms with Crippen LogP contribution in [0.2, 0.25) is 5.15 Å². The van der Waals surface area contributed by atoms with Crippen LogP contribution in [0.4, 0.5) is 11.4 Å². The molecule has 104 valence electrons. The number of aryl methyl sites for hydroxylation is 2. The molecule has 0 radical (unpaired) electrons. The van der Waals surface area contributed by atoms with Crippen molar-refractivity contribution < 1.29 is 4.79 Å². The number of aromatic nitrogens is 1. The van der Waals surface area contributed by atoms with Crippen molar-refractivity contribution in [3.05, 3.63) is 52.8 Å². The fourth-order valence-electron chi connectivity index (χ4n) is 1.86. The molecule has 0 aliphatic heterocycles. The van der Waals surface area contributed by atoms with Crippen LogP contribution in [0.15, 0.2) is 36.5 Å². The molecule has 2 aromatic rings. The van der Waals surface area contributed by atoms with E-state index in [1.807, 2.05) is 31.2 Å². The van der Waals surface area contributed by atoms with Gasteiger partial charge in [0, 0.05) is 12.1 Å². The molecule has 0 unspecified atom stereocenters. The smallest absolute Gasteiger partial charge is 0.224 e. The molecule has 5 heteroatoms. The quantitative estimate of drug-likeness (QED) is 0.671. The Kier molecular flexibility index (Phi) is 4.58. The van der Waals surface area contributed by atoms with Crippen LogP contribution in [-0.2, 0) is 11.2 Å². The summed E-state index contributed by atoms with van der Waals surface area (Å²) >= 11 is 5.84. The van der Waals surface area contributed by atoms with Crippen molar-refractivity contribution in [1.82, 2.24) is 4.98 Å². The van der Waals surface area contributed by atoms with Gasteiger partial charge < -0.3 is 11.1 Å². The van der Waals surface area contributed by atoms with Crippen LogP contribution in [-0.4, -0.2) is 10.9 Å². The minimum Gasteiger partial charge on any atom is -0.399 e. The highest BCUT2D eigenvalue weighted by molar-refractivity contribution is 6.30. The third-order valence-corrected chi connectivity index (χ3v) is 3.29. The molecule has 20 heavy (non-hydrogen) atoms. The van der Waals surface area contributed by atoms with E-state index >= 15 is 0 Å². The second-order valence-electron chi connectivity index (χ2n) is 4.62. The Hall–Kier alpha value is -2.07. The average Bonchev–Trinajstić information content (AvgIpc) is 2.41. The number of pyridine rings is 1. The molecule has 1 aromatic carbocycles. The van der Waals surface area contributed by atoms with Crippen molar-refractivity contribution in [2.24, 2.45) is 0 Å². The topological polar surface area (TPSA) is 68.0 Å². The summed E-state index contributed by atoms with van der Waals surface area (Å²) in [7, 11) is 0. The van der Waals surface area contributed by atoms with E-state index in [0.29, 0.717) is 29.4 Å². The molecule has 3 N–H and O–H groups in total. The third-order valence-electron chi connectivity index (χ3n) is 2.89. The Morgan fingerprint density at radius 1 is 1.40 bits per heavy atom. The normalized spacial score (nSPS) is 10.3. The minimum absolute atomic E-state index is 0.0593. The molecule has 0 spiro atoms. The van der Waals surface area contributed by atoms with Gasteiger partial charge >= 0.3 is 0 Å². The maximum atomic E-state index is 11.9. The van der Waals surface area contributed by atoms with E-state index in [4.69, 9.17) is 17.3 Å². The zero-order valence-electron chi connectivity index (χ0n) is 11.2. The molecule has 1 amide bonds. The molecule has 0 atom stereocenters. The summed E-state index contributed by atoms with van der Waals surface area (Å²) in [5, 5.41) is 3.25. The van der Waals surface area contributed by atoms with E-state index in [9.17, 15) is 4.79 Å². The lowest BCUT2D eigenvalue weighted by Crippen LogP contribution is -2.12. The SMILES string of the molecule is Cc1cc(NC(=O)CCc2cccc(N)c2)cnc1Cl. The third kappa shape index (κ3) is 3.96. The second-order valence-corrected chi connectivity index (χ2v) is 4.98. The van der Waals surface area contributed by atoms with Crippen LogP contribution in [0, 0.1) is 6.92 Å². The van der Waals surface area contributed by atoms with Crippen molar-refractivity contribution >= 4 is 28.9 Å². The van der Waals surface area contributed by atoms with Gasteiger partial charge in [0.05, 0.1) is 11.9 Å². The highest BCUT2D eigenvalue weighted by atomic mass is 35.5. The van der Waals surface area contributed by atoms with Crippen molar-refractivity contribution in [3.63, 3.8) is 0 Å². The molecule has 0 fully saturated rings. The van der Waals surface area contributed by atoms with Crippen molar-refractivity contribution in [2.75, 3.05) is 11.1 Å². The molecule has 1 heterocycles. The molecule has 1 aromatic heterocycles. The van der Waals surface area contributed by atoms with Gasteiger partial charge in [0.1, 0.15) is 5.15 Å². The van der Waals surface area contributed by atoms with E-state index in [1.165, 1.54) is 0 Å². The fourth-order valence-corrected chi connectivity index (χ4v) is 1.96. The van der Waals surface area contributed by atoms with Crippen molar-refractivity contribution in [2.45, 2.75) is 19.8 Å². The van der Waals surface area contributed by atoms with Crippen LogP contribution in [0.5, 0.6) is 0 Å². The number of amides is 1. The molecule has 0 saturated carbocycles. The van der Waals surface area contributed by atoms with Crippen LogP contribution in [0.25, 0.3) is 0 Å². The van der Waals surface area contributed by atoms with Gasteiger partial charge in [-0.25, -0.2) is 4.98 Å². The number of carbonyl (C=O) groups is 1. The number of nitrogens with zero attached hydrogens (tertiary/aromatic N) is 1. The number of nitrogen functional groups attached to an aromatic ring is 1. The summed E-state index contributed by atoms with van der Waals surface area (Å²) in [5.41, 5.74) is 8.94. The molecule has 0 saturated heterocycles. The van der Waals surface area contributed by atoms with E-state index in [0.717, 1.165) is 11.1 Å². The first-order valence-electron chi connectivity index (χ1n) is 6.31. The van der Waals surface area contributed by atoms with E-state index in [1.54, 1.807) is 12.3 Å². The zero-order chi connectivity index (χ0) is 14.5. The van der Waals surface area contributed by atoms with E-state index < -0.39 is 0 Å². The average molecular weight is 290 g/mol. The van der Waals surface area contributed by atoms with Crippen LogP contribution in [0.3, 0.4) is 0 Å². The summed E-state index contributed by atoms with van der Waals surface area (Å²) in [4.78, 5) is 15.9. The van der Waals surface area contributed by atoms with Gasteiger partial charge in [-0.2, -0.15) is 0 Å². The molecule has 0 aliphatic carbocycles. The maximum Gasteiger partial charge on any atom is 0.224 e. The lowest BCUT2D eigenvalue weighted by molar-refractivity contribution is -0.116. The van der Waals surface area contributed by atoms with Gasteiger partial charge in [-0.15, -0.1) is 0 Å². The Balaban J connectivity index is 1.91. The number of nitrogens with one attached hydrogen (secondary N) is 1. The summed E-state index contributed by atoms with van der Waals surface area (Å²) in [6.45, 7) is 1.84. The number of anilines is 2. The van der Waals surface area contributed by atoms with Gasteiger partial charge in [0.2, 0.25) is 5.91 Å². The largest absolute Gasteiger partial charge is 0.399 e. The summed E-state index contributed by atoms with van der Waals surface area (Å²) < 4.78 is 0. The minimum atomic E-state index is -0.0593. The maximum absolute atomic E-state index is 11.9. The van der Waals surface area contributed by atoms with Gasteiger partial charge in [-0.1, -0.05) is 23.7 Å². The molecule has 2 rings (SSSR count). The van der Waals surface area contributed by atoms with Gasteiger partial charge in [0.25, 0.3) is 0 Å². The zero-order valence-corrected chi connectivity index (χ0v) is 11.9. The van der Waals surface area contributed by atoms with Crippen LogP contribution in [0.1, 0.15) is 17.5 Å². The van der Waals surface area contributed by atoms with E-state index in [2.05, 4.69) is 10.3 Å². The number of nitrogens with two attached hydrogens (primary N) is 1. The first-order chi connectivity index (χ1) is 9.54. The standard InChI is InChI=1S/C15H16ClN3O/c1-10-7-13(9-18-15(10)16)19-14(20)6-5-11-3-2-4-12(17)8-11/h2-4,7-9H,5-6,17H2,1H3,(H,19,20). The first-order valence-corrected chi connectivity index (χ1v) is 6.69. The Bertz CT molecular complexity index is 628. The van der Waals surface area contributed by atoms with Crippen molar-refractivity contribution in [1.29, 1.82) is 0 Å². The number of hydrogen-bond acceptors (Lipinski definition) is 3. The number of halogens is 1. The highest BCUT2D eigenvalue weighted by Gasteiger charge is 2.05. The molecule has 4 nitrogen and oxygen atoms in total. The Labute approximate surface area is 123 Å². The monoisotopic (exact) mass is 289 g/mol. The Morgan fingerprint density at radius 3 is 2.90 bits per heavy atom. The first kappa shape index (κ1) is 14.3. The lowest BCUT2D eigenvalue weighted by atomic mass is 10.1. The van der Waals surface area contributed by atoms with Crippen LogP contribution < -0.4 is 11.1 Å². The summed E-state index contributed by atoms with van der Waals surface area (Å²) in [6, 6.07) is 9.34. The second kappa shape index (κ2) is 6.39. The number of hydrogen-bond donors (Lipinski definition) is 2. The molecular formula is C15H16ClN3O. The van der Waals surface area contributed by atoms with E-state index in [-0.39, 0.29) is 5.91 Å². The van der Waals surface area contributed by atoms with Gasteiger partial charge in [-0.3, -0.25) is 4.79 Å². The molecule has 0 bridgehead atoms. The number of benzene rings is 1. The number of rotatable bonds is 4. The molecular weight excluding hydrogens is 274 g/mol. The van der Waals surface area contributed by atoms with Crippen molar-refractivity contribution in [3.8, 4) is 0 Å². The van der Waals surface area contributed by atoms with Gasteiger partial charge in [0.15, 0.2) is 0 Å². The lowest BCUT2D eigenvalue weighted by Gasteiger charge is -2.07.